The zero-order valence-corrected chi connectivity index (χ0v) is 11.1. The molecular formula is C12H19N3OS. The highest BCUT2D eigenvalue weighted by molar-refractivity contribution is 7.99. The first-order valence-corrected chi connectivity index (χ1v) is 7.35. The number of aromatic nitrogens is 2. The highest BCUT2D eigenvalue weighted by Gasteiger charge is 2.24. The summed E-state index contributed by atoms with van der Waals surface area (Å²) in [7, 11) is 0. The minimum atomic E-state index is -0.0866. The lowest BCUT2D eigenvalue weighted by molar-refractivity contribution is 0.474. The molecule has 17 heavy (non-hydrogen) atoms. The van der Waals surface area contributed by atoms with Crippen LogP contribution < -0.4 is 10.9 Å². The third kappa shape index (κ3) is 3.25. The van der Waals surface area contributed by atoms with Gasteiger partial charge in [0.25, 0.3) is 5.56 Å². The highest BCUT2D eigenvalue weighted by atomic mass is 32.2. The van der Waals surface area contributed by atoms with E-state index in [1.165, 1.54) is 25.7 Å². The minimum absolute atomic E-state index is 0.0866. The number of aromatic amines is 1. The van der Waals surface area contributed by atoms with E-state index in [9.17, 15) is 4.79 Å². The number of anilines is 1. The van der Waals surface area contributed by atoms with Crippen LogP contribution in [0.2, 0.25) is 0 Å². The molecule has 1 heterocycles. The van der Waals surface area contributed by atoms with Crippen molar-refractivity contribution in [3.8, 4) is 0 Å². The summed E-state index contributed by atoms with van der Waals surface area (Å²) in [5.74, 6) is 1.37. The molecule has 1 aromatic heterocycles. The summed E-state index contributed by atoms with van der Waals surface area (Å²) >= 11 is 1.91. The van der Waals surface area contributed by atoms with Gasteiger partial charge in [0.15, 0.2) is 0 Å². The van der Waals surface area contributed by atoms with Crippen molar-refractivity contribution < 1.29 is 0 Å². The van der Waals surface area contributed by atoms with Crippen LogP contribution in [0.3, 0.4) is 0 Å². The number of hydrogen-bond acceptors (Lipinski definition) is 4. The predicted octanol–water partition coefficient (Wildman–Crippen LogP) is 2.16. The molecule has 0 amide bonds. The number of thioether (sulfide) groups is 1. The highest BCUT2D eigenvalue weighted by Crippen LogP contribution is 2.28. The molecule has 1 aliphatic carbocycles. The van der Waals surface area contributed by atoms with Crippen molar-refractivity contribution in [1.29, 1.82) is 0 Å². The number of aryl methyl sites for hydroxylation is 1. The van der Waals surface area contributed by atoms with Crippen LogP contribution in [0.25, 0.3) is 0 Å². The Bertz CT molecular complexity index is 432. The van der Waals surface area contributed by atoms with Crippen LogP contribution in [-0.2, 0) is 0 Å². The van der Waals surface area contributed by atoms with Crippen molar-refractivity contribution in [2.24, 2.45) is 0 Å². The maximum absolute atomic E-state index is 11.4. The van der Waals surface area contributed by atoms with E-state index in [1.54, 1.807) is 13.0 Å². The van der Waals surface area contributed by atoms with Crippen LogP contribution in [-0.4, -0.2) is 27.5 Å². The standard InChI is InChI=1S/C12H19N3OS/c1-8-13-11(7-12(16)14-8)15-9-5-3-4-6-10(9)17-2/h7,9-10H,3-6H2,1-2H3,(H2,13,14,15,16). The van der Waals surface area contributed by atoms with E-state index in [0.717, 1.165) is 0 Å². The summed E-state index contributed by atoms with van der Waals surface area (Å²) < 4.78 is 0. The fourth-order valence-corrected chi connectivity index (χ4v) is 3.32. The van der Waals surface area contributed by atoms with Gasteiger partial charge in [-0.25, -0.2) is 4.98 Å². The molecule has 2 unspecified atom stereocenters. The van der Waals surface area contributed by atoms with E-state index in [-0.39, 0.29) is 5.56 Å². The molecule has 5 heteroatoms. The molecule has 0 spiro atoms. The van der Waals surface area contributed by atoms with E-state index in [0.29, 0.717) is 22.9 Å². The predicted molar refractivity (Wildman–Crippen MR) is 72.8 cm³/mol. The van der Waals surface area contributed by atoms with Crippen molar-refractivity contribution in [3.63, 3.8) is 0 Å². The second-order valence-electron chi connectivity index (χ2n) is 4.53. The number of rotatable bonds is 3. The minimum Gasteiger partial charge on any atom is -0.366 e. The van der Waals surface area contributed by atoms with Gasteiger partial charge in [-0.3, -0.25) is 4.79 Å². The van der Waals surface area contributed by atoms with Gasteiger partial charge in [0, 0.05) is 17.4 Å². The summed E-state index contributed by atoms with van der Waals surface area (Å²) in [6, 6.07) is 1.98. The Morgan fingerprint density at radius 3 is 2.94 bits per heavy atom. The van der Waals surface area contributed by atoms with Gasteiger partial charge < -0.3 is 10.3 Å². The molecule has 94 valence electrons. The van der Waals surface area contributed by atoms with Crippen LogP contribution in [0.1, 0.15) is 31.5 Å². The fourth-order valence-electron chi connectivity index (χ4n) is 2.39. The Morgan fingerprint density at radius 1 is 1.47 bits per heavy atom. The summed E-state index contributed by atoms with van der Waals surface area (Å²) in [5, 5.41) is 4.04. The molecule has 2 atom stereocenters. The van der Waals surface area contributed by atoms with Crippen molar-refractivity contribution >= 4 is 17.6 Å². The second-order valence-corrected chi connectivity index (χ2v) is 5.60. The monoisotopic (exact) mass is 253 g/mol. The van der Waals surface area contributed by atoms with Gasteiger partial charge in [-0.15, -0.1) is 0 Å². The van der Waals surface area contributed by atoms with Gasteiger partial charge in [-0.05, 0) is 26.0 Å². The maximum Gasteiger partial charge on any atom is 0.252 e. The average molecular weight is 253 g/mol. The van der Waals surface area contributed by atoms with Crippen LogP contribution in [0.4, 0.5) is 5.82 Å². The van der Waals surface area contributed by atoms with E-state index in [1.807, 2.05) is 11.8 Å². The van der Waals surface area contributed by atoms with Crippen molar-refractivity contribution in [2.45, 2.75) is 43.9 Å². The van der Waals surface area contributed by atoms with Gasteiger partial charge in [0.1, 0.15) is 11.6 Å². The van der Waals surface area contributed by atoms with E-state index >= 15 is 0 Å². The summed E-state index contributed by atoms with van der Waals surface area (Å²) in [6.45, 7) is 1.81. The Labute approximate surface area is 106 Å². The molecule has 4 nitrogen and oxygen atoms in total. The molecule has 2 rings (SSSR count). The van der Waals surface area contributed by atoms with Crippen molar-refractivity contribution in [2.75, 3.05) is 11.6 Å². The van der Waals surface area contributed by atoms with Crippen LogP contribution >= 0.6 is 11.8 Å². The fraction of sp³-hybridized carbons (Fsp3) is 0.667. The number of H-pyrrole nitrogens is 1. The molecule has 1 saturated carbocycles. The first-order valence-electron chi connectivity index (χ1n) is 6.06. The average Bonchev–Trinajstić information content (AvgIpc) is 2.28. The van der Waals surface area contributed by atoms with Crippen molar-refractivity contribution in [1.82, 2.24) is 9.97 Å². The number of hydrogen-bond donors (Lipinski definition) is 2. The van der Waals surface area contributed by atoms with E-state index in [2.05, 4.69) is 21.5 Å². The van der Waals surface area contributed by atoms with Gasteiger partial charge in [0.2, 0.25) is 0 Å². The lowest BCUT2D eigenvalue weighted by Crippen LogP contribution is -2.35. The smallest absolute Gasteiger partial charge is 0.252 e. The normalized spacial score (nSPS) is 24.6. The molecule has 2 N–H and O–H groups in total. The van der Waals surface area contributed by atoms with Gasteiger partial charge >= 0.3 is 0 Å². The van der Waals surface area contributed by atoms with Crippen LogP contribution in [0, 0.1) is 6.92 Å². The number of nitrogens with one attached hydrogen (secondary N) is 2. The summed E-state index contributed by atoms with van der Waals surface area (Å²) in [5.41, 5.74) is -0.0866. The summed E-state index contributed by atoms with van der Waals surface area (Å²) in [6.07, 6.45) is 7.14. The molecular weight excluding hydrogens is 234 g/mol. The zero-order chi connectivity index (χ0) is 12.3. The van der Waals surface area contributed by atoms with E-state index in [4.69, 9.17) is 0 Å². The molecule has 0 saturated heterocycles. The largest absolute Gasteiger partial charge is 0.366 e. The maximum atomic E-state index is 11.4. The Morgan fingerprint density at radius 2 is 2.24 bits per heavy atom. The summed E-state index contributed by atoms with van der Waals surface area (Å²) in [4.78, 5) is 18.3. The van der Waals surface area contributed by atoms with Crippen LogP contribution in [0.15, 0.2) is 10.9 Å². The first kappa shape index (κ1) is 12.5. The van der Waals surface area contributed by atoms with Crippen LogP contribution in [0.5, 0.6) is 0 Å². The number of nitrogens with zero attached hydrogens (tertiary/aromatic N) is 1. The molecule has 0 aromatic carbocycles. The van der Waals surface area contributed by atoms with E-state index < -0.39 is 0 Å². The third-order valence-electron chi connectivity index (χ3n) is 3.20. The Hall–Kier alpha value is -0.970. The SMILES string of the molecule is CSC1CCCCC1Nc1cc(=O)[nH]c(C)n1. The molecule has 0 radical (unpaired) electrons. The lowest BCUT2D eigenvalue weighted by atomic mass is 9.95. The van der Waals surface area contributed by atoms with Gasteiger partial charge in [-0.2, -0.15) is 11.8 Å². The molecule has 0 aliphatic heterocycles. The Kier molecular flexibility index (Phi) is 4.10. The topological polar surface area (TPSA) is 57.8 Å². The van der Waals surface area contributed by atoms with Gasteiger partial charge in [0.05, 0.1) is 0 Å². The molecule has 0 bridgehead atoms. The zero-order valence-electron chi connectivity index (χ0n) is 10.3. The van der Waals surface area contributed by atoms with Gasteiger partial charge in [-0.1, -0.05) is 12.8 Å². The molecule has 1 aliphatic rings. The molecule has 1 fully saturated rings. The Balaban J connectivity index is 2.10. The van der Waals surface area contributed by atoms with Crippen molar-refractivity contribution in [3.05, 3.63) is 22.2 Å². The third-order valence-corrected chi connectivity index (χ3v) is 4.37. The first-order chi connectivity index (χ1) is 8.19. The molecule has 1 aromatic rings. The quantitative estimate of drug-likeness (QED) is 0.866. The lowest BCUT2D eigenvalue weighted by Gasteiger charge is -2.31. The second kappa shape index (κ2) is 5.58.